The Hall–Kier alpha value is -1.07. The Morgan fingerprint density at radius 3 is 2.92 bits per heavy atom. The summed E-state index contributed by atoms with van der Waals surface area (Å²) in [6.45, 7) is 0.886. The van der Waals surface area contributed by atoms with Crippen molar-refractivity contribution < 1.29 is 4.74 Å². The number of hydrogen-bond donors (Lipinski definition) is 1. The minimum Gasteiger partial charge on any atom is -0.383 e. The molecule has 0 aliphatic carbocycles. The Labute approximate surface area is 81.9 Å². The summed E-state index contributed by atoms with van der Waals surface area (Å²) in [5.74, 6) is 0.339. The van der Waals surface area contributed by atoms with Crippen LogP contribution >= 0.6 is 12.4 Å². The molecule has 0 radical (unpaired) electrons. The first kappa shape index (κ1) is 11.9. The fourth-order valence-corrected chi connectivity index (χ4v) is 0.803. The Balaban J connectivity index is 0.00000144. The molecule has 2 N–H and O–H groups in total. The lowest BCUT2D eigenvalue weighted by Crippen LogP contribution is -2.24. The number of anilines is 1. The van der Waals surface area contributed by atoms with E-state index in [2.05, 4.69) is 5.10 Å². The molecule has 0 aliphatic heterocycles. The molecule has 1 aromatic heterocycles. The second kappa shape index (κ2) is 5.55. The van der Waals surface area contributed by atoms with E-state index >= 15 is 0 Å². The van der Waals surface area contributed by atoms with E-state index in [1.165, 1.54) is 16.8 Å². The van der Waals surface area contributed by atoms with Crippen molar-refractivity contribution in [3.05, 3.63) is 22.5 Å². The van der Waals surface area contributed by atoms with Crippen molar-refractivity contribution in [2.24, 2.45) is 0 Å². The highest BCUT2D eigenvalue weighted by Crippen LogP contribution is 1.88. The normalized spacial score (nSPS) is 9.31. The van der Waals surface area contributed by atoms with Crippen molar-refractivity contribution in [2.45, 2.75) is 6.54 Å². The lowest BCUT2D eigenvalue weighted by Gasteiger charge is -2.02. The molecule has 0 atom stereocenters. The second-order valence-electron chi connectivity index (χ2n) is 2.31. The van der Waals surface area contributed by atoms with Crippen molar-refractivity contribution in [2.75, 3.05) is 19.5 Å². The van der Waals surface area contributed by atoms with Crippen LogP contribution in [0, 0.1) is 0 Å². The highest BCUT2D eigenvalue weighted by Gasteiger charge is 1.96. The average molecular weight is 206 g/mol. The lowest BCUT2D eigenvalue weighted by atomic mass is 10.5. The summed E-state index contributed by atoms with van der Waals surface area (Å²) in [7, 11) is 1.57. The van der Waals surface area contributed by atoms with Crippen LogP contribution in [0.15, 0.2) is 16.9 Å². The predicted molar refractivity (Wildman–Crippen MR) is 52.0 cm³/mol. The van der Waals surface area contributed by atoms with Gasteiger partial charge in [0.05, 0.1) is 13.2 Å². The number of methoxy groups -OCH3 is 1. The van der Waals surface area contributed by atoms with Gasteiger partial charge in [0.15, 0.2) is 0 Å². The molecule has 1 heterocycles. The first-order valence-corrected chi connectivity index (χ1v) is 3.56. The maximum absolute atomic E-state index is 11.1. The maximum atomic E-state index is 11.1. The topological polar surface area (TPSA) is 70.1 Å². The average Bonchev–Trinajstić information content (AvgIpc) is 2.07. The summed E-state index contributed by atoms with van der Waals surface area (Å²) in [5.41, 5.74) is 5.22. The van der Waals surface area contributed by atoms with Crippen LogP contribution in [0.3, 0.4) is 0 Å². The standard InChI is InChI=1S/C7H11N3O2.ClH/c1-12-5-4-10-7(11)3-2-6(8)9-10;/h2-3H,4-5H2,1H3,(H2,8,9);1H. The second-order valence-corrected chi connectivity index (χ2v) is 2.31. The number of nitrogens with two attached hydrogens (primary N) is 1. The van der Waals surface area contributed by atoms with Gasteiger partial charge in [-0.05, 0) is 6.07 Å². The number of rotatable bonds is 3. The zero-order valence-corrected chi connectivity index (χ0v) is 8.08. The molecule has 1 rings (SSSR count). The molecule has 0 spiro atoms. The van der Waals surface area contributed by atoms with Gasteiger partial charge in [0.1, 0.15) is 5.82 Å². The number of hydrogen-bond acceptors (Lipinski definition) is 4. The highest BCUT2D eigenvalue weighted by atomic mass is 35.5. The summed E-state index contributed by atoms with van der Waals surface area (Å²) in [6, 6.07) is 2.86. The number of ether oxygens (including phenoxy) is 1. The molecule has 0 unspecified atom stereocenters. The predicted octanol–water partition coefficient (Wildman–Crippen LogP) is -0.106. The molecule has 0 bridgehead atoms. The minimum atomic E-state index is -0.166. The number of nitrogen functional groups attached to an aromatic ring is 1. The van der Waals surface area contributed by atoms with Crippen LogP contribution in [0.2, 0.25) is 0 Å². The zero-order valence-electron chi connectivity index (χ0n) is 7.27. The zero-order chi connectivity index (χ0) is 8.97. The molecule has 0 saturated heterocycles. The van der Waals surface area contributed by atoms with E-state index in [-0.39, 0.29) is 18.0 Å². The van der Waals surface area contributed by atoms with Crippen LogP contribution in [-0.4, -0.2) is 23.5 Å². The fourth-order valence-electron chi connectivity index (χ4n) is 0.803. The SMILES string of the molecule is COCCn1nc(N)ccc1=O.Cl. The Bertz CT molecular complexity index is 313. The van der Waals surface area contributed by atoms with Crippen molar-refractivity contribution >= 4 is 18.2 Å². The minimum absolute atomic E-state index is 0. The first-order chi connectivity index (χ1) is 5.74. The molecule has 5 nitrogen and oxygen atoms in total. The molecular formula is C7H12ClN3O2. The summed E-state index contributed by atoms with van der Waals surface area (Å²) in [6.07, 6.45) is 0. The molecule has 0 saturated carbocycles. The molecule has 74 valence electrons. The van der Waals surface area contributed by atoms with Crippen molar-refractivity contribution in [1.82, 2.24) is 9.78 Å². The van der Waals surface area contributed by atoms with E-state index in [1.807, 2.05) is 0 Å². The number of aromatic nitrogens is 2. The van der Waals surface area contributed by atoms with Crippen molar-refractivity contribution in [3.8, 4) is 0 Å². The third-order valence-corrected chi connectivity index (χ3v) is 1.39. The Morgan fingerprint density at radius 2 is 2.31 bits per heavy atom. The van der Waals surface area contributed by atoms with Crippen LogP contribution < -0.4 is 11.3 Å². The molecule has 1 aromatic rings. The summed E-state index contributed by atoms with van der Waals surface area (Å²) in [4.78, 5) is 11.1. The molecule has 13 heavy (non-hydrogen) atoms. The van der Waals surface area contributed by atoms with E-state index < -0.39 is 0 Å². The summed E-state index contributed by atoms with van der Waals surface area (Å²) < 4.78 is 6.08. The van der Waals surface area contributed by atoms with Crippen molar-refractivity contribution in [1.29, 1.82) is 0 Å². The van der Waals surface area contributed by atoms with Gasteiger partial charge in [-0.15, -0.1) is 12.4 Å². The monoisotopic (exact) mass is 205 g/mol. The number of nitrogens with zero attached hydrogens (tertiary/aromatic N) is 2. The Kier molecular flexibility index (Phi) is 5.10. The molecule has 0 fully saturated rings. The van der Waals surface area contributed by atoms with Gasteiger partial charge in [0, 0.05) is 13.2 Å². The van der Waals surface area contributed by atoms with Gasteiger partial charge < -0.3 is 10.5 Å². The largest absolute Gasteiger partial charge is 0.383 e. The van der Waals surface area contributed by atoms with Crippen LogP contribution in [-0.2, 0) is 11.3 Å². The lowest BCUT2D eigenvalue weighted by molar-refractivity contribution is 0.182. The van der Waals surface area contributed by atoms with E-state index in [0.29, 0.717) is 19.0 Å². The fraction of sp³-hybridized carbons (Fsp3) is 0.429. The van der Waals surface area contributed by atoms with Crippen LogP contribution in [0.25, 0.3) is 0 Å². The maximum Gasteiger partial charge on any atom is 0.266 e. The number of halogens is 1. The van der Waals surface area contributed by atoms with Gasteiger partial charge >= 0.3 is 0 Å². The van der Waals surface area contributed by atoms with Gasteiger partial charge in [0.25, 0.3) is 5.56 Å². The molecule has 6 heteroatoms. The van der Waals surface area contributed by atoms with E-state index in [4.69, 9.17) is 10.5 Å². The molecule has 0 aliphatic rings. The van der Waals surface area contributed by atoms with E-state index in [9.17, 15) is 4.79 Å². The van der Waals surface area contributed by atoms with Gasteiger partial charge in [-0.3, -0.25) is 4.79 Å². The Morgan fingerprint density at radius 1 is 1.62 bits per heavy atom. The van der Waals surface area contributed by atoms with Gasteiger partial charge in [-0.2, -0.15) is 5.10 Å². The summed E-state index contributed by atoms with van der Waals surface area (Å²) in [5, 5.41) is 3.81. The van der Waals surface area contributed by atoms with Crippen molar-refractivity contribution in [3.63, 3.8) is 0 Å². The van der Waals surface area contributed by atoms with Gasteiger partial charge in [-0.1, -0.05) is 0 Å². The first-order valence-electron chi connectivity index (χ1n) is 3.56. The van der Waals surface area contributed by atoms with Crippen LogP contribution in [0.4, 0.5) is 5.82 Å². The van der Waals surface area contributed by atoms with E-state index in [1.54, 1.807) is 7.11 Å². The van der Waals surface area contributed by atoms with Gasteiger partial charge in [0.2, 0.25) is 0 Å². The van der Waals surface area contributed by atoms with E-state index in [0.717, 1.165) is 0 Å². The smallest absolute Gasteiger partial charge is 0.266 e. The highest BCUT2D eigenvalue weighted by molar-refractivity contribution is 5.85. The van der Waals surface area contributed by atoms with Crippen LogP contribution in [0.5, 0.6) is 0 Å². The van der Waals surface area contributed by atoms with Gasteiger partial charge in [-0.25, -0.2) is 4.68 Å². The summed E-state index contributed by atoms with van der Waals surface area (Å²) >= 11 is 0. The molecular weight excluding hydrogens is 194 g/mol. The van der Waals surface area contributed by atoms with Crippen LogP contribution in [0.1, 0.15) is 0 Å². The quantitative estimate of drug-likeness (QED) is 0.748. The molecule has 0 amide bonds. The third kappa shape index (κ3) is 3.43. The third-order valence-electron chi connectivity index (χ3n) is 1.39. The molecule has 0 aromatic carbocycles.